The van der Waals surface area contributed by atoms with Gasteiger partial charge >= 0.3 is 0 Å². The van der Waals surface area contributed by atoms with Crippen molar-refractivity contribution < 1.29 is 0 Å². The summed E-state index contributed by atoms with van der Waals surface area (Å²) < 4.78 is 0. The van der Waals surface area contributed by atoms with Crippen LogP contribution in [0.3, 0.4) is 0 Å². The molecule has 0 aromatic heterocycles. The van der Waals surface area contributed by atoms with Crippen molar-refractivity contribution >= 4 is 0 Å². The summed E-state index contributed by atoms with van der Waals surface area (Å²) in [5.74, 6) is 0.803. The zero-order chi connectivity index (χ0) is 7.19. The predicted octanol–water partition coefficient (Wildman–Crippen LogP) is 0.429. The van der Waals surface area contributed by atoms with Crippen LogP contribution in [0.1, 0.15) is 19.3 Å². The van der Waals surface area contributed by atoms with Crippen LogP contribution in [0.4, 0.5) is 0 Å². The lowest BCUT2D eigenvalue weighted by Crippen LogP contribution is -2.43. The Morgan fingerprint density at radius 3 is 3.10 bits per heavy atom. The Morgan fingerprint density at radius 1 is 1.60 bits per heavy atom. The van der Waals surface area contributed by atoms with Crippen molar-refractivity contribution in [2.45, 2.75) is 24.8 Å². The van der Waals surface area contributed by atoms with E-state index in [0.29, 0.717) is 0 Å². The van der Waals surface area contributed by atoms with Gasteiger partial charge in [-0.05, 0) is 25.8 Å². The normalized spacial score (nSPS) is 48.0. The Morgan fingerprint density at radius 2 is 2.40 bits per heavy atom. The SMILES string of the molecule is CN1CC2CCCC2(N)C1. The van der Waals surface area contributed by atoms with Crippen molar-refractivity contribution in [2.24, 2.45) is 11.7 Å². The second kappa shape index (κ2) is 1.95. The molecule has 0 radical (unpaired) electrons. The first kappa shape index (κ1) is 6.62. The van der Waals surface area contributed by atoms with E-state index in [1.54, 1.807) is 0 Å². The second-order valence-electron chi connectivity index (χ2n) is 4.02. The van der Waals surface area contributed by atoms with Crippen molar-refractivity contribution in [1.82, 2.24) is 4.90 Å². The van der Waals surface area contributed by atoms with Gasteiger partial charge in [-0.15, -0.1) is 0 Å². The van der Waals surface area contributed by atoms with Gasteiger partial charge in [0.2, 0.25) is 0 Å². The van der Waals surface area contributed by atoms with E-state index in [9.17, 15) is 0 Å². The molecule has 2 aliphatic rings. The highest BCUT2D eigenvalue weighted by atomic mass is 15.2. The van der Waals surface area contributed by atoms with Gasteiger partial charge in [-0.25, -0.2) is 0 Å². The minimum Gasteiger partial charge on any atom is -0.324 e. The molecule has 1 heterocycles. The van der Waals surface area contributed by atoms with E-state index in [4.69, 9.17) is 5.73 Å². The van der Waals surface area contributed by atoms with Crippen LogP contribution >= 0.6 is 0 Å². The highest BCUT2D eigenvalue weighted by molar-refractivity contribution is 5.03. The summed E-state index contributed by atoms with van der Waals surface area (Å²) in [5.41, 5.74) is 6.42. The first-order chi connectivity index (χ1) is 4.71. The largest absolute Gasteiger partial charge is 0.324 e. The van der Waals surface area contributed by atoms with Crippen molar-refractivity contribution in [3.05, 3.63) is 0 Å². The first-order valence-electron chi connectivity index (χ1n) is 4.18. The molecule has 2 unspecified atom stereocenters. The number of nitrogens with two attached hydrogens (primary N) is 1. The van der Waals surface area contributed by atoms with Crippen LogP contribution < -0.4 is 5.73 Å². The summed E-state index contributed by atoms with van der Waals surface area (Å²) in [6.45, 7) is 2.36. The highest BCUT2D eigenvalue weighted by Crippen LogP contribution is 2.38. The van der Waals surface area contributed by atoms with Crippen LogP contribution in [0.2, 0.25) is 0 Å². The Kier molecular flexibility index (Phi) is 1.29. The Labute approximate surface area is 62.4 Å². The minimum atomic E-state index is 0.203. The molecule has 2 rings (SSSR count). The van der Waals surface area contributed by atoms with Crippen LogP contribution in [0.15, 0.2) is 0 Å². The number of hydrogen-bond donors (Lipinski definition) is 1. The third kappa shape index (κ3) is 0.789. The maximum Gasteiger partial charge on any atom is 0.0324 e. The third-order valence-corrected chi connectivity index (χ3v) is 3.10. The summed E-state index contributed by atoms with van der Waals surface area (Å²) in [5, 5.41) is 0. The number of nitrogens with zero attached hydrogens (tertiary/aromatic N) is 1. The van der Waals surface area contributed by atoms with E-state index in [-0.39, 0.29) is 5.54 Å². The summed E-state index contributed by atoms with van der Waals surface area (Å²) in [7, 11) is 2.17. The molecule has 1 aliphatic heterocycles. The smallest absolute Gasteiger partial charge is 0.0324 e. The van der Waals surface area contributed by atoms with Gasteiger partial charge in [0.05, 0.1) is 0 Å². The molecule has 2 fully saturated rings. The predicted molar refractivity (Wildman–Crippen MR) is 41.8 cm³/mol. The van der Waals surface area contributed by atoms with Crippen molar-refractivity contribution in [1.29, 1.82) is 0 Å². The maximum atomic E-state index is 6.21. The minimum absolute atomic E-state index is 0.203. The fraction of sp³-hybridized carbons (Fsp3) is 1.00. The summed E-state index contributed by atoms with van der Waals surface area (Å²) in [6, 6.07) is 0. The lowest BCUT2D eigenvalue weighted by molar-refractivity contribution is 0.361. The molecule has 58 valence electrons. The number of likely N-dealkylation sites (N-methyl/N-ethyl adjacent to an activating group) is 1. The number of likely N-dealkylation sites (tertiary alicyclic amines) is 1. The molecule has 2 N–H and O–H groups in total. The number of rotatable bonds is 0. The zero-order valence-electron chi connectivity index (χ0n) is 6.64. The first-order valence-corrected chi connectivity index (χ1v) is 4.18. The Hall–Kier alpha value is -0.0800. The van der Waals surface area contributed by atoms with E-state index in [0.717, 1.165) is 12.5 Å². The lowest BCUT2D eigenvalue weighted by Gasteiger charge is -2.22. The molecule has 0 spiro atoms. The second-order valence-corrected chi connectivity index (χ2v) is 4.02. The molecule has 2 atom stereocenters. The molecular weight excluding hydrogens is 124 g/mol. The Balaban J connectivity index is 2.15. The lowest BCUT2D eigenvalue weighted by atomic mass is 9.92. The monoisotopic (exact) mass is 140 g/mol. The topological polar surface area (TPSA) is 29.3 Å². The van der Waals surface area contributed by atoms with E-state index in [1.165, 1.54) is 25.8 Å². The average Bonchev–Trinajstić information content (AvgIpc) is 2.20. The van der Waals surface area contributed by atoms with E-state index in [1.807, 2.05) is 0 Å². The molecule has 1 saturated carbocycles. The van der Waals surface area contributed by atoms with Gasteiger partial charge in [0.25, 0.3) is 0 Å². The fourth-order valence-electron chi connectivity index (χ4n) is 2.59. The van der Waals surface area contributed by atoms with Gasteiger partial charge in [-0.1, -0.05) is 6.42 Å². The number of hydrogen-bond acceptors (Lipinski definition) is 2. The molecule has 0 bridgehead atoms. The molecule has 2 heteroatoms. The maximum absolute atomic E-state index is 6.21. The molecule has 2 nitrogen and oxygen atoms in total. The van der Waals surface area contributed by atoms with Crippen LogP contribution in [0, 0.1) is 5.92 Å². The molecule has 0 aromatic rings. The molecule has 1 aliphatic carbocycles. The third-order valence-electron chi connectivity index (χ3n) is 3.10. The standard InChI is InChI=1S/C8H16N2/c1-10-5-7-3-2-4-8(7,9)6-10/h7H,2-6,9H2,1H3. The Bertz CT molecular complexity index is 146. The van der Waals surface area contributed by atoms with Gasteiger partial charge in [0.15, 0.2) is 0 Å². The van der Waals surface area contributed by atoms with Crippen LogP contribution in [-0.4, -0.2) is 30.6 Å². The van der Waals surface area contributed by atoms with Crippen molar-refractivity contribution in [3.63, 3.8) is 0 Å². The van der Waals surface area contributed by atoms with Gasteiger partial charge in [-0.3, -0.25) is 0 Å². The molecule has 1 saturated heterocycles. The van der Waals surface area contributed by atoms with Gasteiger partial charge in [0.1, 0.15) is 0 Å². The molecular formula is C8H16N2. The van der Waals surface area contributed by atoms with Crippen molar-refractivity contribution in [3.8, 4) is 0 Å². The zero-order valence-corrected chi connectivity index (χ0v) is 6.64. The summed E-state index contributed by atoms with van der Waals surface area (Å²) in [4.78, 5) is 2.36. The molecule has 0 aromatic carbocycles. The molecule has 0 amide bonds. The van der Waals surface area contributed by atoms with Crippen LogP contribution in [0.5, 0.6) is 0 Å². The van der Waals surface area contributed by atoms with E-state index in [2.05, 4.69) is 11.9 Å². The fourth-order valence-corrected chi connectivity index (χ4v) is 2.59. The van der Waals surface area contributed by atoms with Gasteiger partial charge < -0.3 is 10.6 Å². The van der Waals surface area contributed by atoms with Gasteiger partial charge in [0, 0.05) is 18.6 Å². The average molecular weight is 140 g/mol. The van der Waals surface area contributed by atoms with Crippen LogP contribution in [-0.2, 0) is 0 Å². The van der Waals surface area contributed by atoms with Crippen LogP contribution in [0.25, 0.3) is 0 Å². The molecule has 10 heavy (non-hydrogen) atoms. The van der Waals surface area contributed by atoms with Crippen molar-refractivity contribution in [2.75, 3.05) is 20.1 Å². The quantitative estimate of drug-likeness (QED) is 0.528. The van der Waals surface area contributed by atoms with Gasteiger partial charge in [-0.2, -0.15) is 0 Å². The highest BCUT2D eigenvalue weighted by Gasteiger charge is 2.45. The summed E-state index contributed by atoms with van der Waals surface area (Å²) in [6.07, 6.45) is 3.97. The number of fused-ring (bicyclic) bond motifs is 1. The summed E-state index contributed by atoms with van der Waals surface area (Å²) >= 11 is 0. The van der Waals surface area contributed by atoms with E-state index < -0.39 is 0 Å². The van der Waals surface area contributed by atoms with E-state index >= 15 is 0 Å².